The van der Waals surface area contributed by atoms with Crippen LogP contribution in [0.3, 0.4) is 0 Å². The van der Waals surface area contributed by atoms with E-state index in [4.69, 9.17) is 18.9 Å². The molecule has 1 N–H and O–H groups in total. The first kappa shape index (κ1) is 37.6. The average molecular weight is 798 g/mol. The lowest BCUT2D eigenvalue weighted by Gasteiger charge is -2.76. The van der Waals surface area contributed by atoms with Gasteiger partial charge in [0.2, 0.25) is 17.7 Å². The smallest absolute Gasteiger partial charge is 0.262 e. The van der Waals surface area contributed by atoms with E-state index in [0.29, 0.717) is 30.8 Å². The van der Waals surface area contributed by atoms with Crippen molar-refractivity contribution in [2.45, 2.75) is 76.5 Å². The van der Waals surface area contributed by atoms with E-state index in [9.17, 15) is 19.2 Å². The average Bonchev–Trinajstić information content (AvgIpc) is 3.64. The first-order chi connectivity index (χ1) is 28.6. The van der Waals surface area contributed by atoms with Crippen LogP contribution in [0.25, 0.3) is 32.9 Å². The fourth-order valence-corrected chi connectivity index (χ4v) is 10.2. The summed E-state index contributed by atoms with van der Waals surface area (Å²) in [4.78, 5) is 59.8. The van der Waals surface area contributed by atoms with Gasteiger partial charge >= 0.3 is 0 Å². The van der Waals surface area contributed by atoms with Crippen molar-refractivity contribution in [3.8, 4) is 22.8 Å². The van der Waals surface area contributed by atoms with Crippen LogP contribution in [-0.2, 0) is 26.1 Å². The molecule has 4 aliphatic carbocycles. The second-order valence-corrected chi connectivity index (χ2v) is 17.3. The van der Waals surface area contributed by atoms with Crippen molar-refractivity contribution >= 4 is 45.4 Å². The summed E-state index contributed by atoms with van der Waals surface area (Å²) < 4.78 is 26.9. The van der Waals surface area contributed by atoms with Crippen molar-refractivity contribution in [1.29, 1.82) is 0 Å². The maximum absolute atomic E-state index is 13.1. The number of imide groups is 2. The molecule has 2 aromatic carbocycles. The van der Waals surface area contributed by atoms with Gasteiger partial charge in [-0.25, -0.2) is 4.98 Å². The maximum Gasteiger partial charge on any atom is 0.262 e. The van der Waals surface area contributed by atoms with E-state index in [2.05, 4.69) is 58.1 Å². The molecular formula is C46H47N5O8. The van der Waals surface area contributed by atoms with Gasteiger partial charge in [0.15, 0.2) is 0 Å². The van der Waals surface area contributed by atoms with Gasteiger partial charge in [-0.15, -0.1) is 0 Å². The summed E-state index contributed by atoms with van der Waals surface area (Å²) in [6.07, 6.45) is 11.9. The Hall–Kier alpha value is -5.66. The largest absolute Gasteiger partial charge is 0.494 e. The molecule has 0 spiro atoms. The van der Waals surface area contributed by atoms with Crippen LogP contribution in [0.4, 0.5) is 0 Å². The fourth-order valence-electron chi connectivity index (χ4n) is 10.2. The van der Waals surface area contributed by atoms with Crippen LogP contribution in [0.2, 0.25) is 0 Å². The lowest BCUT2D eigenvalue weighted by atomic mass is 9.30. The minimum Gasteiger partial charge on any atom is -0.494 e. The van der Waals surface area contributed by atoms with Crippen molar-refractivity contribution in [3.63, 3.8) is 0 Å². The number of nitrogens with zero attached hydrogens (tertiary/aromatic N) is 4. The molecule has 6 aliphatic rings. The summed E-state index contributed by atoms with van der Waals surface area (Å²) in [6, 6.07) is 16.4. The number of fused-ring (bicyclic) bond motifs is 4. The standard InChI is InChI=1S/C46H47N5O8/c1-27-45(25-56-15-3-4-16-57-30-7-9-34-35(20-30)44(55)51(43(34)54)38-10-11-40(52)49-42(38)53)23-46(27,24-45)26-58-31-18-32(19-31)59-41-12-6-29(21-48-41)28-5-8-33-36-22-47-14-13-37(36)50(2)39(33)17-28/h5-9,12-14,17,20-22,27,31-32,38H,3-4,10-11,15-16,18-19,23-26H2,1-2H3,(H,49,52,53)/t27-,31?,32?,38?,45?,46?/m1/s1. The summed E-state index contributed by atoms with van der Waals surface area (Å²) in [5, 5.41) is 4.57. The van der Waals surface area contributed by atoms with E-state index < -0.39 is 29.7 Å². The van der Waals surface area contributed by atoms with E-state index in [-0.39, 0.29) is 47.0 Å². The second-order valence-electron chi connectivity index (χ2n) is 17.3. The Labute approximate surface area is 341 Å². The van der Waals surface area contributed by atoms with Crippen molar-refractivity contribution in [2.75, 3.05) is 26.4 Å². The number of unbranched alkanes of at least 4 members (excludes halogenated alkanes) is 1. The number of pyridine rings is 2. The first-order valence-corrected chi connectivity index (χ1v) is 20.7. The van der Waals surface area contributed by atoms with E-state index in [1.54, 1.807) is 18.2 Å². The van der Waals surface area contributed by atoms with E-state index in [1.165, 1.54) is 16.4 Å². The zero-order valence-electron chi connectivity index (χ0n) is 33.3. The Morgan fingerprint density at radius 2 is 1.61 bits per heavy atom. The van der Waals surface area contributed by atoms with Crippen LogP contribution in [0.5, 0.6) is 11.6 Å². The third kappa shape index (κ3) is 6.46. The number of aryl methyl sites for hydroxylation is 1. The number of benzene rings is 2. The van der Waals surface area contributed by atoms with E-state index in [1.807, 2.05) is 30.7 Å². The molecule has 5 heterocycles. The van der Waals surface area contributed by atoms with Crippen molar-refractivity contribution in [3.05, 3.63) is 84.3 Å². The van der Waals surface area contributed by atoms with Gasteiger partial charge in [-0.3, -0.25) is 34.4 Å². The zero-order valence-corrected chi connectivity index (χ0v) is 33.3. The van der Waals surface area contributed by atoms with Gasteiger partial charge in [0, 0.05) is 79.4 Å². The van der Waals surface area contributed by atoms with E-state index in [0.717, 1.165) is 73.2 Å². The molecule has 3 aromatic heterocycles. The summed E-state index contributed by atoms with van der Waals surface area (Å²) in [5.74, 6) is -0.388. The number of amides is 4. The van der Waals surface area contributed by atoms with Gasteiger partial charge < -0.3 is 23.5 Å². The first-order valence-electron chi connectivity index (χ1n) is 20.7. The molecule has 5 fully saturated rings. The molecule has 59 heavy (non-hydrogen) atoms. The SMILES string of the molecule is C[C@@H]1C2(COCCCCOc3ccc4c(c3)C(=O)N(C3CCC(=O)NC3=O)C4=O)CC1(COC1CC(Oc3ccc(-c4ccc5c6cnccc6n(C)c5c4)cn3)C1)C2. The highest BCUT2D eigenvalue weighted by atomic mass is 16.5. The quantitative estimate of drug-likeness (QED) is 0.0930. The van der Waals surface area contributed by atoms with Crippen LogP contribution in [0.1, 0.15) is 79.0 Å². The minimum absolute atomic E-state index is 0.0814. The van der Waals surface area contributed by atoms with Gasteiger partial charge in [-0.1, -0.05) is 19.1 Å². The van der Waals surface area contributed by atoms with Crippen molar-refractivity contribution in [1.82, 2.24) is 24.8 Å². The predicted molar refractivity (Wildman–Crippen MR) is 217 cm³/mol. The molecular weight excluding hydrogens is 751 g/mol. The monoisotopic (exact) mass is 797 g/mol. The van der Waals surface area contributed by atoms with Crippen molar-refractivity contribution in [2.24, 2.45) is 23.8 Å². The van der Waals surface area contributed by atoms with Gasteiger partial charge in [0.05, 0.1) is 42.6 Å². The minimum atomic E-state index is -0.989. The Morgan fingerprint density at radius 3 is 2.41 bits per heavy atom. The number of aromatic nitrogens is 3. The van der Waals surface area contributed by atoms with Crippen LogP contribution < -0.4 is 14.8 Å². The number of carbonyl (C=O) groups excluding carboxylic acids is 4. The molecule has 2 atom stereocenters. The lowest BCUT2D eigenvalue weighted by molar-refractivity contribution is -0.314. The molecule has 13 heteroatoms. The second kappa shape index (κ2) is 14.6. The third-order valence-corrected chi connectivity index (χ3v) is 13.8. The third-order valence-electron chi connectivity index (χ3n) is 13.8. The maximum atomic E-state index is 13.1. The summed E-state index contributed by atoms with van der Waals surface area (Å²) in [6.45, 7) is 5.00. The Kier molecular flexibility index (Phi) is 9.28. The molecule has 0 radical (unpaired) electrons. The van der Waals surface area contributed by atoms with Crippen LogP contribution in [0, 0.1) is 16.7 Å². The number of hydrogen-bond acceptors (Lipinski definition) is 10. The van der Waals surface area contributed by atoms with Crippen molar-refractivity contribution < 1.29 is 38.1 Å². The molecule has 2 bridgehead atoms. The van der Waals surface area contributed by atoms with Crippen LogP contribution in [-0.4, -0.2) is 87.7 Å². The number of rotatable bonds is 15. The normalized spacial score (nSPS) is 27.0. The molecule has 11 rings (SSSR count). The lowest BCUT2D eigenvalue weighted by Crippen LogP contribution is -2.72. The van der Waals surface area contributed by atoms with Crippen LogP contribution in [0.15, 0.2) is 73.2 Å². The highest BCUT2D eigenvalue weighted by Gasteiger charge is 2.73. The molecule has 2 aliphatic heterocycles. The van der Waals surface area contributed by atoms with Gasteiger partial charge in [-0.05, 0) is 90.8 Å². The van der Waals surface area contributed by atoms with Gasteiger partial charge in [0.25, 0.3) is 11.8 Å². The summed E-state index contributed by atoms with van der Waals surface area (Å²) in [5.41, 5.74) is 5.48. The van der Waals surface area contributed by atoms with Crippen LogP contribution >= 0.6 is 0 Å². The number of ether oxygens (including phenoxy) is 4. The van der Waals surface area contributed by atoms with Gasteiger partial charge in [-0.2, -0.15) is 0 Å². The highest BCUT2D eigenvalue weighted by Crippen LogP contribution is 2.77. The Morgan fingerprint density at radius 1 is 0.814 bits per heavy atom. The molecule has 1 saturated heterocycles. The Balaban J connectivity index is 0.608. The fraction of sp³-hybridized carbons (Fsp3) is 0.435. The number of nitrogens with one attached hydrogen (secondary N) is 1. The zero-order chi connectivity index (χ0) is 40.5. The Bertz CT molecular complexity index is 2500. The van der Waals surface area contributed by atoms with E-state index >= 15 is 0 Å². The molecule has 4 saturated carbocycles. The predicted octanol–water partition coefficient (Wildman–Crippen LogP) is 6.41. The molecule has 5 aromatic rings. The molecule has 1 unspecified atom stereocenters. The topological polar surface area (TPSA) is 151 Å². The summed E-state index contributed by atoms with van der Waals surface area (Å²) in [7, 11) is 2.09. The number of piperidine rings is 1. The summed E-state index contributed by atoms with van der Waals surface area (Å²) >= 11 is 0. The highest BCUT2D eigenvalue weighted by molar-refractivity contribution is 6.23. The van der Waals surface area contributed by atoms with Gasteiger partial charge in [0.1, 0.15) is 17.9 Å². The molecule has 4 amide bonds. The number of carbonyl (C=O) groups is 4. The molecule has 13 nitrogen and oxygen atoms in total. The number of hydrogen-bond donors (Lipinski definition) is 1. The molecule has 304 valence electrons.